The minimum absolute atomic E-state index is 0.0440. The van der Waals surface area contributed by atoms with Crippen LogP contribution >= 0.6 is 11.8 Å². The second-order valence-corrected chi connectivity index (χ2v) is 5.40. The Kier molecular flexibility index (Phi) is 6.12. The fourth-order valence-electron chi connectivity index (χ4n) is 1.74. The van der Waals surface area contributed by atoms with Crippen molar-refractivity contribution in [3.63, 3.8) is 0 Å². The first-order valence-electron chi connectivity index (χ1n) is 6.21. The maximum absolute atomic E-state index is 12.1. The van der Waals surface area contributed by atoms with Gasteiger partial charge in [-0.3, -0.25) is 4.79 Å². The number of amides is 1. The summed E-state index contributed by atoms with van der Waals surface area (Å²) < 4.78 is 0. The van der Waals surface area contributed by atoms with Crippen molar-refractivity contribution in [3.05, 3.63) is 29.8 Å². The van der Waals surface area contributed by atoms with Crippen LogP contribution in [0.25, 0.3) is 0 Å². The highest BCUT2D eigenvalue weighted by atomic mass is 32.2. The molecule has 1 rings (SSSR count). The second-order valence-electron chi connectivity index (χ2n) is 4.09. The third kappa shape index (κ3) is 4.43. The SMILES string of the molecule is CCC[C@H](C)NC(=O)c1ccccc1SCC. The minimum Gasteiger partial charge on any atom is -0.350 e. The number of benzene rings is 1. The summed E-state index contributed by atoms with van der Waals surface area (Å²) in [5.41, 5.74) is 0.794. The lowest BCUT2D eigenvalue weighted by Crippen LogP contribution is -2.32. The lowest BCUT2D eigenvalue weighted by molar-refractivity contribution is 0.0935. The summed E-state index contributed by atoms with van der Waals surface area (Å²) in [6.45, 7) is 6.28. The number of thioether (sulfide) groups is 1. The van der Waals surface area contributed by atoms with Gasteiger partial charge in [-0.1, -0.05) is 32.4 Å². The molecule has 0 bridgehead atoms. The van der Waals surface area contributed by atoms with Gasteiger partial charge in [-0.15, -0.1) is 11.8 Å². The number of rotatable bonds is 6. The van der Waals surface area contributed by atoms with Crippen molar-refractivity contribution in [2.24, 2.45) is 0 Å². The molecule has 1 atom stereocenters. The molecule has 0 aliphatic rings. The predicted octanol–water partition coefficient (Wildman–Crippen LogP) is 3.72. The summed E-state index contributed by atoms with van der Waals surface area (Å²) >= 11 is 1.71. The largest absolute Gasteiger partial charge is 0.350 e. The first kappa shape index (κ1) is 14.1. The molecule has 1 N–H and O–H groups in total. The van der Waals surface area contributed by atoms with Gasteiger partial charge >= 0.3 is 0 Å². The zero-order valence-electron chi connectivity index (χ0n) is 10.8. The average Bonchev–Trinajstić information content (AvgIpc) is 2.30. The first-order chi connectivity index (χ1) is 8.19. The Bertz CT molecular complexity index is 365. The molecule has 0 spiro atoms. The van der Waals surface area contributed by atoms with Crippen molar-refractivity contribution >= 4 is 17.7 Å². The summed E-state index contributed by atoms with van der Waals surface area (Å²) in [5.74, 6) is 1.02. The fourth-order valence-corrected chi connectivity index (χ4v) is 2.54. The number of hydrogen-bond acceptors (Lipinski definition) is 2. The Labute approximate surface area is 108 Å². The Morgan fingerprint density at radius 2 is 2.06 bits per heavy atom. The molecule has 2 nitrogen and oxygen atoms in total. The van der Waals surface area contributed by atoms with E-state index in [1.807, 2.05) is 24.3 Å². The fraction of sp³-hybridized carbons (Fsp3) is 0.500. The molecule has 0 aromatic heterocycles. The zero-order chi connectivity index (χ0) is 12.7. The van der Waals surface area contributed by atoms with Crippen molar-refractivity contribution in [3.8, 4) is 0 Å². The molecule has 0 aliphatic carbocycles. The molecular weight excluding hydrogens is 230 g/mol. The van der Waals surface area contributed by atoms with E-state index in [9.17, 15) is 4.79 Å². The molecule has 17 heavy (non-hydrogen) atoms. The second kappa shape index (κ2) is 7.38. The highest BCUT2D eigenvalue weighted by Crippen LogP contribution is 2.22. The van der Waals surface area contributed by atoms with E-state index in [1.54, 1.807) is 11.8 Å². The van der Waals surface area contributed by atoms with Gasteiger partial charge in [0.15, 0.2) is 0 Å². The average molecular weight is 251 g/mol. The number of carbonyl (C=O) groups excluding carboxylic acids is 1. The van der Waals surface area contributed by atoms with Gasteiger partial charge in [0.1, 0.15) is 0 Å². The predicted molar refractivity (Wildman–Crippen MR) is 74.7 cm³/mol. The summed E-state index contributed by atoms with van der Waals surface area (Å²) in [5, 5.41) is 3.04. The smallest absolute Gasteiger partial charge is 0.252 e. The van der Waals surface area contributed by atoms with Crippen molar-refractivity contribution in [1.29, 1.82) is 0 Å². The molecule has 1 aromatic rings. The highest BCUT2D eigenvalue weighted by Gasteiger charge is 2.12. The Morgan fingerprint density at radius 3 is 2.71 bits per heavy atom. The molecule has 3 heteroatoms. The normalized spacial score (nSPS) is 12.2. The van der Waals surface area contributed by atoms with Gasteiger partial charge in [-0.25, -0.2) is 0 Å². The van der Waals surface area contributed by atoms with Gasteiger partial charge in [-0.05, 0) is 31.2 Å². The van der Waals surface area contributed by atoms with E-state index in [-0.39, 0.29) is 11.9 Å². The zero-order valence-corrected chi connectivity index (χ0v) is 11.6. The van der Waals surface area contributed by atoms with Gasteiger partial charge in [-0.2, -0.15) is 0 Å². The van der Waals surface area contributed by atoms with Crippen LogP contribution in [0.5, 0.6) is 0 Å². The standard InChI is InChI=1S/C14H21NOS/c1-4-8-11(3)15-14(16)12-9-6-7-10-13(12)17-5-2/h6-7,9-11H,4-5,8H2,1-3H3,(H,15,16)/t11-/m0/s1. The van der Waals surface area contributed by atoms with Crippen LogP contribution in [0.4, 0.5) is 0 Å². The van der Waals surface area contributed by atoms with E-state index in [0.29, 0.717) is 0 Å². The minimum atomic E-state index is 0.0440. The summed E-state index contributed by atoms with van der Waals surface area (Å²) in [7, 11) is 0. The van der Waals surface area contributed by atoms with Crippen LogP contribution < -0.4 is 5.32 Å². The first-order valence-corrected chi connectivity index (χ1v) is 7.20. The topological polar surface area (TPSA) is 29.1 Å². The van der Waals surface area contributed by atoms with Crippen molar-refractivity contribution in [2.75, 3.05) is 5.75 Å². The molecule has 1 aromatic carbocycles. The maximum Gasteiger partial charge on any atom is 0.252 e. The molecule has 0 saturated carbocycles. The van der Waals surface area contributed by atoms with E-state index in [1.165, 1.54) is 0 Å². The Balaban J connectivity index is 2.74. The molecular formula is C14H21NOS. The van der Waals surface area contributed by atoms with E-state index in [2.05, 4.69) is 26.1 Å². The molecule has 0 radical (unpaired) electrons. The number of carbonyl (C=O) groups is 1. The lowest BCUT2D eigenvalue weighted by atomic mass is 10.1. The van der Waals surface area contributed by atoms with E-state index >= 15 is 0 Å². The monoisotopic (exact) mass is 251 g/mol. The van der Waals surface area contributed by atoms with E-state index < -0.39 is 0 Å². The quantitative estimate of drug-likeness (QED) is 0.781. The highest BCUT2D eigenvalue weighted by molar-refractivity contribution is 7.99. The van der Waals surface area contributed by atoms with Crippen LogP contribution in [-0.2, 0) is 0 Å². The van der Waals surface area contributed by atoms with Crippen LogP contribution in [0.15, 0.2) is 29.2 Å². The molecule has 0 saturated heterocycles. The number of nitrogens with one attached hydrogen (secondary N) is 1. The Morgan fingerprint density at radius 1 is 1.35 bits per heavy atom. The third-order valence-corrected chi connectivity index (χ3v) is 3.49. The third-order valence-electron chi connectivity index (χ3n) is 2.53. The molecule has 1 amide bonds. The molecule has 0 fully saturated rings. The maximum atomic E-state index is 12.1. The van der Waals surface area contributed by atoms with E-state index in [4.69, 9.17) is 0 Å². The van der Waals surface area contributed by atoms with Crippen LogP contribution in [0, 0.1) is 0 Å². The van der Waals surface area contributed by atoms with Crippen LogP contribution in [0.1, 0.15) is 44.0 Å². The summed E-state index contributed by atoms with van der Waals surface area (Å²) in [4.78, 5) is 13.2. The molecule has 0 unspecified atom stereocenters. The van der Waals surface area contributed by atoms with Crippen molar-refractivity contribution in [2.45, 2.75) is 44.6 Å². The van der Waals surface area contributed by atoms with Crippen molar-refractivity contribution in [1.82, 2.24) is 5.32 Å². The summed E-state index contributed by atoms with van der Waals surface area (Å²) in [6.07, 6.45) is 2.11. The van der Waals surface area contributed by atoms with Gasteiger partial charge in [0, 0.05) is 10.9 Å². The van der Waals surface area contributed by atoms with Crippen LogP contribution in [0.3, 0.4) is 0 Å². The van der Waals surface area contributed by atoms with Gasteiger partial charge in [0.2, 0.25) is 0 Å². The summed E-state index contributed by atoms with van der Waals surface area (Å²) in [6, 6.07) is 8.04. The number of hydrogen-bond donors (Lipinski definition) is 1. The van der Waals surface area contributed by atoms with Crippen molar-refractivity contribution < 1.29 is 4.79 Å². The van der Waals surface area contributed by atoms with Gasteiger partial charge < -0.3 is 5.32 Å². The Hall–Kier alpha value is -0.960. The molecule has 0 heterocycles. The lowest BCUT2D eigenvalue weighted by Gasteiger charge is -2.14. The van der Waals surface area contributed by atoms with Crippen LogP contribution in [0.2, 0.25) is 0 Å². The molecule has 0 aliphatic heterocycles. The van der Waals surface area contributed by atoms with Gasteiger partial charge in [0.05, 0.1) is 5.56 Å². The van der Waals surface area contributed by atoms with Crippen LogP contribution in [-0.4, -0.2) is 17.7 Å². The van der Waals surface area contributed by atoms with Gasteiger partial charge in [0.25, 0.3) is 5.91 Å². The van der Waals surface area contributed by atoms with E-state index in [0.717, 1.165) is 29.1 Å². The molecule has 94 valence electrons.